The van der Waals surface area contributed by atoms with Crippen molar-refractivity contribution in [2.45, 2.75) is 26.4 Å². The Bertz CT molecular complexity index is 383. The first-order valence-electron chi connectivity index (χ1n) is 4.86. The molecule has 4 nitrogen and oxygen atoms in total. The Morgan fingerprint density at radius 3 is 2.69 bits per heavy atom. The maximum absolute atomic E-state index is 11.6. The number of hydrogen-bond donors (Lipinski definition) is 0. The summed E-state index contributed by atoms with van der Waals surface area (Å²) in [6, 6.07) is 1.85. The summed E-state index contributed by atoms with van der Waals surface area (Å²) in [6.07, 6.45) is -0.395. The molecule has 5 heteroatoms. The van der Waals surface area contributed by atoms with Gasteiger partial charge in [-0.05, 0) is 30.9 Å². The molecule has 1 heterocycles. The number of carbonyl (C=O) groups excluding carboxylic acids is 2. The number of esters is 2. The van der Waals surface area contributed by atoms with Crippen molar-refractivity contribution in [1.82, 2.24) is 0 Å². The topological polar surface area (TPSA) is 52.6 Å². The summed E-state index contributed by atoms with van der Waals surface area (Å²) in [5, 5.41) is 1.83. The summed E-state index contributed by atoms with van der Waals surface area (Å²) in [5.41, 5.74) is 0.889. The van der Waals surface area contributed by atoms with Crippen LogP contribution in [-0.2, 0) is 14.3 Å². The molecule has 0 aliphatic heterocycles. The van der Waals surface area contributed by atoms with Gasteiger partial charge in [-0.15, -0.1) is 11.3 Å². The second-order valence-electron chi connectivity index (χ2n) is 3.43. The fourth-order valence-electron chi connectivity index (χ4n) is 1.18. The van der Waals surface area contributed by atoms with Crippen LogP contribution in [0.3, 0.4) is 0 Å². The van der Waals surface area contributed by atoms with Crippen LogP contribution in [0.15, 0.2) is 11.4 Å². The minimum Gasteiger partial charge on any atom is -0.469 e. The highest BCUT2D eigenvalue weighted by atomic mass is 32.1. The molecule has 1 rings (SSSR count). The maximum atomic E-state index is 11.6. The lowest BCUT2D eigenvalue weighted by molar-refractivity contribution is -0.142. The number of aryl methyl sites for hydroxylation is 1. The Morgan fingerprint density at radius 2 is 2.19 bits per heavy atom. The fourth-order valence-corrected chi connectivity index (χ4v) is 1.98. The first-order valence-corrected chi connectivity index (χ1v) is 5.74. The lowest BCUT2D eigenvalue weighted by atomic mass is 10.2. The van der Waals surface area contributed by atoms with Gasteiger partial charge in [0.25, 0.3) is 0 Å². The van der Waals surface area contributed by atoms with E-state index in [4.69, 9.17) is 4.74 Å². The van der Waals surface area contributed by atoms with Gasteiger partial charge in [0.05, 0.1) is 13.5 Å². The van der Waals surface area contributed by atoms with Crippen LogP contribution in [-0.4, -0.2) is 25.2 Å². The van der Waals surface area contributed by atoms with E-state index in [1.54, 1.807) is 6.92 Å². The zero-order chi connectivity index (χ0) is 12.1. The van der Waals surface area contributed by atoms with E-state index in [1.807, 2.05) is 18.4 Å². The monoisotopic (exact) mass is 242 g/mol. The van der Waals surface area contributed by atoms with E-state index < -0.39 is 6.10 Å². The second-order valence-corrected chi connectivity index (χ2v) is 4.35. The van der Waals surface area contributed by atoms with Crippen LogP contribution in [0.5, 0.6) is 0 Å². The van der Waals surface area contributed by atoms with Gasteiger partial charge in [0.1, 0.15) is 11.0 Å². The zero-order valence-electron chi connectivity index (χ0n) is 9.48. The number of methoxy groups -OCH3 is 1. The van der Waals surface area contributed by atoms with Crippen molar-refractivity contribution in [3.8, 4) is 0 Å². The fraction of sp³-hybridized carbons (Fsp3) is 0.455. The molecule has 0 spiro atoms. The third-order valence-electron chi connectivity index (χ3n) is 2.04. The quantitative estimate of drug-likeness (QED) is 0.759. The van der Waals surface area contributed by atoms with E-state index in [0.29, 0.717) is 4.88 Å². The summed E-state index contributed by atoms with van der Waals surface area (Å²) in [5.74, 6) is -0.771. The van der Waals surface area contributed by atoms with Crippen molar-refractivity contribution in [3.05, 3.63) is 21.9 Å². The van der Waals surface area contributed by atoms with Gasteiger partial charge in [0, 0.05) is 0 Å². The summed E-state index contributed by atoms with van der Waals surface area (Å²) in [4.78, 5) is 23.2. The Labute approximate surface area is 98.2 Å². The number of thiophene rings is 1. The molecule has 0 radical (unpaired) electrons. The molecule has 0 amide bonds. The first-order chi connectivity index (χ1) is 7.54. The predicted molar refractivity (Wildman–Crippen MR) is 60.6 cm³/mol. The van der Waals surface area contributed by atoms with Gasteiger partial charge in [-0.25, -0.2) is 4.79 Å². The van der Waals surface area contributed by atoms with Gasteiger partial charge < -0.3 is 9.47 Å². The van der Waals surface area contributed by atoms with Crippen LogP contribution in [0.4, 0.5) is 0 Å². The lowest BCUT2D eigenvalue weighted by Crippen LogP contribution is -2.19. The molecule has 0 N–H and O–H groups in total. The highest BCUT2D eigenvalue weighted by molar-refractivity contribution is 7.12. The van der Waals surface area contributed by atoms with Gasteiger partial charge in [0.2, 0.25) is 0 Å². The van der Waals surface area contributed by atoms with Crippen LogP contribution in [0.1, 0.15) is 28.6 Å². The molecule has 0 saturated heterocycles. The molecular weight excluding hydrogens is 228 g/mol. The number of ether oxygens (including phenoxy) is 2. The maximum Gasteiger partial charge on any atom is 0.348 e. The highest BCUT2D eigenvalue weighted by Crippen LogP contribution is 2.17. The largest absolute Gasteiger partial charge is 0.469 e. The molecule has 0 saturated carbocycles. The Hall–Kier alpha value is -1.36. The normalized spacial score (nSPS) is 11.9. The molecule has 0 bridgehead atoms. The molecule has 0 fully saturated rings. The van der Waals surface area contributed by atoms with Crippen molar-refractivity contribution in [1.29, 1.82) is 0 Å². The van der Waals surface area contributed by atoms with Gasteiger partial charge >= 0.3 is 11.9 Å². The molecule has 0 aliphatic rings. The van der Waals surface area contributed by atoms with Crippen LogP contribution < -0.4 is 0 Å². The standard InChI is InChI=1S/C11H14O4S/c1-7-4-5-16-10(7)11(13)15-8(2)6-9(12)14-3/h4-5,8H,6H2,1-3H3/t8-/m1/s1. The van der Waals surface area contributed by atoms with E-state index >= 15 is 0 Å². The molecule has 88 valence electrons. The van der Waals surface area contributed by atoms with Crippen molar-refractivity contribution >= 4 is 23.3 Å². The van der Waals surface area contributed by atoms with Gasteiger partial charge in [0.15, 0.2) is 0 Å². The molecule has 1 atom stereocenters. The minimum absolute atomic E-state index is 0.0761. The smallest absolute Gasteiger partial charge is 0.348 e. The zero-order valence-corrected chi connectivity index (χ0v) is 10.3. The van der Waals surface area contributed by atoms with E-state index in [9.17, 15) is 9.59 Å². The molecule has 0 aliphatic carbocycles. The molecular formula is C11H14O4S. The summed E-state index contributed by atoms with van der Waals surface area (Å²) in [7, 11) is 1.31. The van der Waals surface area contributed by atoms with Crippen LogP contribution in [0, 0.1) is 6.92 Å². The summed E-state index contributed by atoms with van der Waals surface area (Å²) >= 11 is 1.33. The first kappa shape index (κ1) is 12.7. The van der Waals surface area contributed by atoms with Gasteiger partial charge in [-0.1, -0.05) is 0 Å². The second kappa shape index (κ2) is 5.65. The lowest BCUT2D eigenvalue weighted by Gasteiger charge is -2.11. The molecule has 0 unspecified atom stereocenters. The van der Waals surface area contributed by atoms with Crippen molar-refractivity contribution in [2.24, 2.45) is 0 Å². The van der Waals surface area contributed by atoms with E-state index in [1.165, 1.54) is 18.4 Å². The van der Waals surface area contributed by atoms with Gasteiger partial charge in [-0.3, -0.25) is 4.79 Å². The number of rotatable bonds is 4. The Balaban J connectivity index is 2.52. The summed E-state index contributed by atoms with van der Waals surface area (Å²) < 4.78 is 9.61. The summed E-state index contributed by atoms with van der Waals surface area (Å²) in [6.45, 7) is 3.51. The third kappa shape index (κ3) is 3.34. The van der Waals surface area contributed by atoms with Crippen molar-refractivity contribution < 1.29 is 19.1 Å². The predicted octanol–water partition coefficient (Wildman–Crippen LogP) is 2.16. The van der Waals surface area contributed by atoms with Crippen molar-refractivity contribution in [3.63, 3.8) is 0 Å². The molecule has 1 aromatic heterocycles. The van der Waals surface area contributed by atoms with Crippen LogP contribution >= 0.6 is 11.3 Å². The number of carbonyl (C=O) groups is 2. The minimum atomic E-state index is -0.471. The average Bonchev–Trinajstić information content (AvgIpc) is 2.63. The van der Waals surface area contributed by atoms with Crippen LogP contribution in [0.2, 0.25) is 0 Å². The average molecular weight is 242 g/mol. The van der Waals surface area contributed by atoms with E-state index in [2.05, 4.69) is 4.74 Å². The Kier molecular flexibility index (Phi) is 4.49. The Morgan fingerprint density at radius 1 is 1.50 bits per heavy atom. The van der Waals surface area contributed by atoms with Gasteiger partial charge in [-0.2, -0.15) is 0 Å². The van der Waals surface area contributed by atoms with E-state index in [0.717, 1.165) is 5.56 Å². The van der Waals surface area contributed by atoms with E-state index in [-0.39, 0.29) is 18.4 Å². The van der Waals surface area contributed by atoms with Crippen LogP contribution in [0.25, 0.3) is 0 Å². The molecule has 16 heavy (non-hydrogen) atoms. The molecule has 1 aromatic rings. The number of hydrogen-bond acceptors (Lipinski definition) is 5. The highest BCUT2D eigenvalue weighted by Gasteiger charge is 2.17. The third-order valence-corrected chi connectivity index (χ3v) is 3.03. The molecule has 0 aromatic carbocycles. The SMILES string of the molecule is COC(=O)C[C@@H](C)OC(=O)c1sccc1C. The van der Waals surface area contributed by atoms with Crippen molar-refractivity contribution in [2.75, 3.05) is 7.11 Å².